The van der Waals surface area contributed by atoms with E-state index in [9.17, 15) is 0 Å². The minimum absolute atomic E-state index is 0.726. The van der Waals surface area contributed by atoms with E-state index in [1.165, 1.54) is 0 Å². The van der Waals surface area contributed by atoms with Crippen LogP contribution in [-0.4, -0.2) is 20.1 Å². The van der Waals surface area contributed by atoms with Gasteiger partial charge in [-0.2, -0.15) is 11.1 Å². The Kier molecular flexibility index (Phi) is 8.22. The Morgan fingerprint density at radius 1 is 0.567 bits per heavy atom. The summed E-state index contributed by atoms with van der Waals surface area (Å²) in [5.41, 5.74) is 2.81. The van der Waals surface area contributed by atoms with Gasteiger partial charge in [0.15, 0.2) is 8.11 Å². The zero-order valence-electron chi connectivity index (χ0n) is 15.5. The SMILES string of the molecule is C[Si](Cl)c1ccc(N(c2ccc([Si](Cl)(Cl)Cl)cc2)c2ccc([Si](Cl)(Cl)Cl)cc2)cc1. The molecule has 0 amide bonds. The minimum atomic E-state index is -2.95. The molecule has 0 aliphatic carbocycles. The fourth-order valence-electron chi connectivity index (χ4n) is 2.89. The van der Waals surface area contributed by atoms with E-state index in [1.54, 1.807) is 0 Å². The molecular formula is C19H15Cl7NSi3. The molecule has 3 aromatic rings. The smallest absolute Gasteiger partial charge is 0.311 e. The molecule has 0 aromatic heterocycles. The van der Waals surface area contributed by atoms with E-state index < -0.39 is 20.1 Å². The highest BCUT2D eigenvalue weighted by molar-refractivity contribution is 7.70. The van der Waals surface area contributed by atoms with Gasteiger partial charge < -0.3 is 4.90 Å². The van der Waals surface area contributed by atoms with Gasteiger partial charge in [0.05, 0.1) is 0 Å². The van der Waals surface area contributed by atoms with Crippen LogP contribution in [0.1, 0.15) is 0 Å². The second-order valence-electron chi connectivity index (χ2n) is 6.51. The third-order valence-corrected chi connectivity index (χ3v) is 12.1. The molecule has 0 heterocycles. The molecule has 0 unspecified atom stereocenters. The summed E-state index contributed by atoms with van der Waals surface area (Å²) < 4.78 is 0. The summed E-state index contributed by atoms with van der Waals surface area (Å²) in [7, 11) is -1.05. The van der Waals surface area contributed by atoms with Crippen LogP contribution in [-0.2, 0) is 0 Å². The predicted octanol–water partition coefficient (Wildman–Crippen LogP) is 6.95. The van der Waals surface area contributed by atoms with Crippen LogP contribution in [0.25, 0.3) is 0 Å². The summed E-state index contributed by atoms with van der Waals surface area (Å²) in [6.07, 6.45) is 0. The van der Waals surface area contributed by atoms with Crippen molar-refractivity contribution in [1.82, 2.24) is 0 Å². The average Bonchev–Trinajstić information content (AvgIpc) is 2.68. The number of halogens is 7. The molecule has 3 rings (SSSR count). The molecule has 1 radical (unpaired) electrons. The molecule has 157 valence electrons. The fourth-order valence-corrected chi connectivity index (χ4v) is 7.25. The van der Waals surface area contributed by atoms with E-state index in [0.717, 1.165) is 32.6 Å². The molecule has 0 bridgehead atoms. The molecular weight excluding hydrogens is 575 g/mol. The van der Waals surface area contributed by atoms with Crippen LogP contribution < -0.4 is 20.5 Å². The third-order valence-electron chi connectivity index (χ3n) is 4.43. The van der Waals surface area contributed by atoms with E-state index in [0.29, 0.717) is 0 Å². The first kappa shape index (κ1) is 24.8. The Labute approximate surface area is 212 Å². The normalized spacial score (nSPS) is 12.3. The van der Waals surface area contributed by atoms with Gasteiger partial charge in [-0.15, -0.1) is 66.5 Å². The summed E-state index contributed by atoms with van der Waals surface area (Å²) in [5, 5.41) is 2.59. The molecule has 0 atom stereocenters. The van der Waals surface area contributed by atoms with E-state index >= 15 is 0 Å². The molecule has 0 saturated carbocycles. The van der Waals surface area contributed by atoms with Crippen molar-refractivity contribution in [1.29, 1.82) is 0 Å². The number of rotatable bonds is 6. The first-order valence-corrected chi connectivity index (χ1v) is 21.8. The quantitative estimate of drug-likeness (QED) is 0.222. The maximum absolute atomic E-state index is 6.31. The van der Waals surface area contributed by atoms with E-state index in [-0.39, 0.29) is 0 Å². The zero-order chi connectivity index (χ0) is 22.1. The lowest BCUT2D eigenvalue weighted by molar-refractivity contribution is 1.29. The van der Waals surface area contributed by atoms with Gasteiger partial charge in [0.1, 0.15) is 0 Å². The van der Waals surface area contributed by atoms with E-state index in [4.69, 9.17) is 77.6 Å². The van der Waals surface area contributed by atoms with E-state index in [1.807, 2.05) is 67.2 Å². The topological polar surface area (TPSA) is 3.24 Å². The van der Waals surface area contributed by atoms with E-state index in [2.05, 4.69) is 17.0 Å². The summed E-state index contributed by atoms with van der Waals surface area (Å²) in [6.45, 7) is 2.04. The number of nitrogens with zero attached hydrogens (tertiary/aromatic N) is 1. The van der Waals surface area contributed by atoms with Crippen LogP contribution in [0.2, 0.25) is 6.55 Å². The van der Waals surface area contributed by atoms with Crippen molar-refractivity contribution in [2.24, 2.45) is 0 Å². The molecule has 0 aliphatic heterocycles. The summed E-state index contributed by atoms with van der Waals surface area (Å²) in [4.78, 5) is 2.09. The zero-order valence-corrected chi connectivity index (χ0v) is 23.8. The minimum Gasteiger partial charge on any atom is -0.311 e. The highest BCUT2D eigenvalue weighted by Gasteiger charge is 2.29. The van der Waals surface area contributed by atoms with Gasteiger partial charge in [-0.1, -0.05) is 42.9 Å². The second-order valence-corrected chi connectivity index (χ2v) is 26.7. The summed E-state index contributed by atoms with van der Waals surface area (Å²) >= 11 is 43.2. The molecule has 0 spiro atoms. The lowest BCUT2D eigenvalue weighted by Gasteiger charge is -2.26. The first-order chi connectivity index (χ1) is 14.0. The highest BCUT2D eigenvalue weighted by atomic mass is 35.8. The number of benzene rings is 3. The Morgan fingerprint density at radius 3 is 1.13 bits per heavy atom. The van der Waals surface area contributed by atoms with Crippen molar-refractivity contribution in [2.45, 2.75) is 6.55 Å². The van der Waals surface area contributed by atoms with Gasteiger partial charge in [0.25, 0.3) is 0 Å². The fraction of sp³-hybridized carbons (Fsp3) is 0.0526. The lowest BCUT2D eigenvalue weighted by Crippen LogP contribution is -2.30. The molecule has 0 saturated heterocycles. The van der Waals surface area contributed by atoms with Crippen LogP contribution in [0.5, 0.6) is 0 Å². The molecule has 0 fully saturated rings. The number of anilines is 3. The van der Waals surface area contributed by atoms with Crippen molar-refractivity contribution >= 4 is 130 Å². The van der Waals surface area contributed by atoms with Crippen LogP contribution in [0.15, 0.2) is 72.8 Å². The number of hydrogen-bond acceptors (Lipinski definition) is 1. The lowest BCUT2D eigenvalue weighted by atomic mass is 10.2. The van der Waals surface area contributed by atoms with Gasteiger partial charge in [0.2, 0.25) is 0 Å². The molecule has 3 aromatic carbocycles. The second kappa shape index (κ2) is 9.96. The maximum Gasteiger partial charge on any atom is 0.372 e. The van der Waals surface area contributed by atoms with Gasteiger partial charge in [-0.25, -0.2) is 0 Å². The van der Waals surface area contributed by atoms with Crippen molar-refractivity contribution in [3.8, 4) is 0 Å². The first-order valence-electron chi connectivity index (χ1n) is 8.71. The van der Waals surface area contributed by atoms with Gasteiger partial charge in [-0.05, 0) is 52.0 Å². The standard InChI is InChI=1S/C19H15Cl7NSi3/c1-28(20)17-8-2-14(3-9-17)27(15-4-10-18(11-5-15)29(21,22)23)16-6-12-19(13-7-16)30(24,25)26/h2-13H,1H3. The van der Waals surface area contributed by atoms with Gasteiger partial charge in [-0.3, -0.25) is 0 Å². The average molecular weight is 590 g/mol. The van der Waals surface area contributed by atoms with Crippen LogP contribution in [0.3, 0.4) is 0 Å². The van der Waals surface area contributed by atoms with Crippen molar-refractivity contribution in [3.05, 3.63) is 72.8 Å². The van der Waals surface area contributed by atoms with Crippen molar-refractivity contribution < 1.29 is 0 Å². The Hall–Kier alpha value is 0.141. The summed E-state index contributed by atoms with van der Waals surface area (Å²) in [6, 6.07) is 17.4. The summed E-state index contributed by atoms with van der Waals surface area (Å²) in [5.74, 6) is 0. The largest absolute Gasteiger partial charge is 0.372 e. The van der Waals surface area contributed by atoms with Crippen LogP contribution in [0.4, 0.5) is 17.1 Å². The Balaban J connectivity index is 2.07. The molecule has 1 nitrogen and oxygen atoms in total. The van der Waals surface area contributed by atoms with Crippen LogP contribution in [0, 0.1) is 0 Å². The van der Waals surface area contributed by atoms with Crippen molar-refractivity contribution in [3.63, 3.8) is 0 Å². The van der Waals surface area contributed by atoms with Crippen molar-refractivity contribution in [2.75, 3.05) is 4.90 Å². The van der Waals surface area contributed by atoms with Crippen LogP contribution >= 0.6 is 77.6 Å². The Morgan fingerprint density at radius 2 is 0.867 bits per heavy atom. The molecule has 0 N–H and O–H groups in total. The number of hydrogen-bond donors (Lipinski definition) is 0. The molecule has 11 heteroatoms. The van der Waals surface area contributed by atoms with Gasteiger partial charge >= 0.3 is 12.0 Å². The Bertz CT molecular complexity index is 926. The highest BCUT2D eigenvalue weighted by Crippen LogP contribution is 2.34. The molecule has 30 heavy (non-hydrogen) atoms. The predicted molar refractivity (Wildman–Crippen MR) is 144 cm³/mol. The monoisotopic (exact) mass is 586 g/mol. The third kappa shape index (κ3) is 6.13. The molecule has 0 aliphatic rings. The maximum atomic E-state index is 6.31. The van der Waals surface area contributed by atoms with Gasteiger partial charge in [0, 0.05) is 17.1 Å².